The normalized spacial score (nSPS) is 12.3. The molecule has 5 heteroatoms. The number of amidine groups is 1. The Kier molecular flexibility index (Phi) is 4.07. The Labute approximate surface area is 102 Å². The van der Waals surface area contributed by atoms with Crippen molar-refractivity contribution in [1.29, 1.82) is 5.41 Å². The fourth-order valence-electron chi connectivity index (χ4n) is 1.74. The number of pyridine rings is 1. The van der Waals surface area contributed by atoms with Crippen LogP contribution in [0.2, 0.25) is 0 Å². The molecule has 1 unspecified atom stereocenters. The van der Waals surface area contributed by atoms with Crippen molar-refractivity contribution >= 4 is 11.7 Å². The number of rotatable bonds is 4. The highest BCUT2D eigenvalue weighted by atomic mass is 16.3. The molecular formula is C12H20N4O. The molecule has 0 aliphatic carbocycles. The molecule has 1 rings (SSSR count). The minimum Gasteiger partial charge on any atom is -0.394 e. The minimum absolute atomic E-state index is 0.00184. The molecule has 0 amide bonds. The van der Waals surface area contributed by atoms with E-state index in [-0.39, 0.29) is 18.5 Å². The van der Waals surface area contributed by atoms with E-state index >= 15 is 0 Å². The quantitative estimate of drug-likeness (QED) is 0.533. The van der Waals surface area contributed by atoms with Crippen LogP contribution < -0.4 is 10.6 Å². The predicted octanol–water partition coefficient (Wildman–Crippen LogP) is 0.800. The molecule has 0 aliphatic heterocycles. The standard InChI is InChI=1S/C12H20N4O/c1-7-5-8(2)15-12(10(7)11(13)14)16(4)9(3)6-17/h5,9,17H,6H2,1-4H3,(H3,13,14). The summed E-state index contributed by atoms with van der Waals surface area (Å²) in [6, 6.07) is 1.83. The maximum absolute atomic E-state index is 9.18. The number of likely N-dealkylation sites (N-methyl/N-ethyl adjacent to an activating group) is 1. The van der Waals surface area contributed by atoms with Gasteiger partial charge in [-0.1, -0.05) is 0 Å². The van der Waals surface area contributed by atoms with Crippen LogP contribution in [0.1, 0.15) is 23.7 Å². The van der Waals surface area contributed by atoms with Crippen molar-refractivity contribution in [2.24, 2.45) is 5.73 Å². The number of hydrogen-bond acceptors (Lipinski definition) is 4. The number of anilines is 1. The summed E-state index contributed by atoms with van der Waals surface area (Å²) in [6.07, 6.45) is 0. The van der Waals surface area contributed by atoms with E-state index in [1.807, 2.05) is 38.8 Å². The first kappa shape index (κ1) is 13.4. The summed E-state index contributed by atoms with van der Waals surface area (Å²) in [5, 5.41) is 16.8. The highest BCUT2D eigenvalue weighted by Gasteiger charge is 2.18. The summed E-state index contributed by atoms with van der Waals surface area (Å²) in [4.78, 5) is 6.26. The Hall–Kier alpha value is -1.62. The fraction of sp³-hybridized carbons (Fsp3) is 0.500. The van der Waals surface area contributed by atoms with E-state index in [1.165, 1.54) is 0 Å². The third-order valence-electron chi connectivity index (χ3n) is 2.85. The Morgan fingerprint density at radius 3 is 2.65 bits per heavy atom. The van der Waals surface area contributed by atoms with Gasteiger partial charge in [-0.25, -0.2) is 4.98 Å². The smallest absolute Gasteiger partial charge is 0.140 e. The average molecular weight is 236 g/mol. The summed E-state index contributed by atoms with van der Waals surface area (Å²) in [5.41, 5.74) is 8.04. The van der Waals surface area contributed by atoms with E-state index in [9.17, 15) is 5.11 Å². The second kappa shape index (κ2) is 5.14. The van der Waals surface area contributed by atoms with E-state index in [4.69, 9.17) is 11.1 Å². The van der Waals surface area contributed by atoms with Crippen LogP contribution in [-0.4, -0.2) is 35.6 Å². The van der Waals surface area contributed by atoms with Gasteiger partial charge in [-0.3, -0.25) is 5.41 Å². The molecule has 5 nitrogen and oxygen atoms in total. The summed E-state index contributed by atoms with van der Waals surface area (Å²) >= 11 is 0. The van der Waals surface area contributed by atoms with Crippen LogP contribution in [0.3, 0.4) is 0 Å². The largest absolute Gasteiger partial charge is 0.394 e. The van der Waals surface area contributed by atoms with Crippen LogP contribution >= 0.6 is 0 Å². The zero-order chi connectivity index (χ0) is 13.2. The van der Waals surface area contributed by atoms with E-state index in [0.717, 1.165) is 11.3 Å². The van der Waals surface area contributed by atoms with Crippen LogP contribution in [-0.2, 0) is 0 Å². The van der Waals surface area contributed by atoms with Gasteiger partial charge < -0.3 is 15.7 Å². The second-order valence-electron chi connectivity index (χ2n) is 4.34. The van der Waals surface area contributed by atoms with Crippen molar-refractivity contribution in [3.8, 4) is 0 Å². The average Bonchev–Trinajstić information content (AvgIpc) is 2.25. The first-order valence-electron chi connectivity index (χ1n) is 5.54. The molecule has 0 fully saturated rings. The molecule has 4 N–H and O–H groups in total. The van der Waals surface area contributed by atoms with Crippen molar-refractivity contribution in [1.82, 2.24) is 4.98 Å². The Balaban J connectivity index is 3.35. The molecule has 0 saturated carbocycles. The third kappa shape index (κ3) is 2.74. The van der Waals surface area contributed by atoms with E-state index in [1.54, 1.807) is 0 Å². The fourth-order valence-corrected chi connectivity index (χ4v) is 1.74. The van der Waals surface area contributed by atoms with Crippen LogP contribution in [0.5, 0.6) is 0 Å². The van der Waals surface area contributed by atoms with E-state index < -0.39 is 0 Å². The molecule has 1 atom stereocenters. The van der Waals surface area contributed by atoms with Gasteiger partial charge in [-0.2, -0.15) is 0 Å². The number of aryl methyl sites for hydroxylation is 2. The molecule has 94 valence electrons. The van der Waals surface area contributed by atoms with Gasteiger partial charge >= 0.3 is 0 Å². The number of nitrogens with one attached hydrogen (secondary N) is 1. The molecule has 0 radical (unpaired) electrons. The monoisotopic (exact) mass is 236 g/mol. The van der Waals surface area contributed by atoms with Gasteiger partial charge in [0.2, 0.25) is 0 Å². The van der Waals surface area contributed by atoms with Gasteiger partial charge in [-0.05, 0) is 32.4 Å². The lowest BCUT2D eigenvalue weighted by Crippen LogP contribution is -2.34. The number of nitrogens with two attached hydrogens (primary N) is 1. The van der Waals surface area contributed by atoms with Crippen LogP contribution in [0.15, 0.2) is 6.07 Å². The predicted molar refractivity (Wildman–Crippen MR) is 69.7 cm³/mol. The highest BCUT2D eigenvalue weighted by molar-refractivity contribution is 6.01. The summed E-state index contributed by atoms with van der Waals surface area (Å²) < 4.78 is 0. The van der Waals surface area contributed by atoms with E-state index in [2.05, 4.69) is 4.98 Å². The van der Waals surface area contributed by atoms with Crippen LogP contribution in [0.4, 0.5) is 5.82 Å². The van der Waals surface area contributed by atoms with Gasteiger partial charge in [0.05, 0.1) is 18.2 Å². The molecular weight excluding hydrogens is 216 g/mol. The van der Waals surface area contributed by atoms with Gasteiger partial charge in [-0.15, -0.1) is 0 Å². The SMILES string of the molecule is Cc1cc(C)c(C(=N)N)c(N(C)C(C)CO)n1. The highest BCUT2D eigenvalue weighted by Crippen LogP contribution is 2.22. The molecule has 0 aliphatic rings. The number of nitrogens with zero attached hydrogens (tertiary/aromatic N) is 2. The molecule has 0 saturated heterocycles. The lowest BCUT2D eigenvalue weighted by molar-refractivity contribution is 0.269. The molecule has 1 aromatic heterocycles. The van der Waals surface area contributed by atoms with Gasteiger partial charge in [0.1, 0.15) is 11.7 Å². The maximum Gasteiger partial charge on any atom is 0.140 e. The van der Waals surface area contributed by atoms with Crippen molar-refractivity contribution in [3.05, 3.63) is 22.9 Å². The summed E-state index contributed by atoms with van der Waals surface area (Å²) in [6.45, 7) is 5.73. The lowest BCUT2D eigenvalue weighted by atomic mass is 10.1. The van der Waals surface area contributed by atoms with Crippen molar-refractivity contribution in [3.63, 3.8) is 0 Å². The number of hydrogen-bond donors (Lipinski definition) is 3. The summed E-state index contributed by atoms with van der Waals surface area (Å²) in [5.74, 6) is 0.651. The van der Waals surface area contributed by atoms with E-state index in [0.29, 0.717) is 11.4 Å². The van der Waals surface area contributed by atoms with Gasteiger partial charge in [0.25, 0.3) is 0 Å². The first-order chi connectivity index (χ1) is 7.88. The molecule has 1 heterocycles. The molecule has 1 aromatic rings. The Morgan fingerprint density at radius 2 is 2.18 bits per heavy atom. The zero-order valence-electron chi connectivity index (χ0n) is 10.8. The third-order valence-corrected chi connectivity index (χ3v) is 2.85. The van der Waals surface area contributed by atoms with Crippen LogP contribution in [0.25, 0.3) is 0 Å². The molecule has 17 heavy (non-hydrogen) atoms. The minimum atomic E-state index is -0.0678. The number of nitrogen functional groups attached to an aromatic ring is 1. The second-order valence-corrected chi connectivity index (χ2v) is 4.34. The van der Waals surface area contributed by atoms with Crippen molar-refractivity contribution < 1.29 is 5.11 Å². The Bertz CT molecular complexity index is 431. The number of aliphatic hydroxyl groups is 1. The van der Waals surface area contributed by atoms with Crippen molar-refractivity contribution in [2.75, 3.05) is 18.6 Å². The molecule has 0 spiro atoms. The zero-order valence-corrected chi connectivity index (χ0v) is 10.8. The number of aromatic nitrogens is 1. The maximum atomic E-state index is 9.18. The molecule has 0 bridgehead atoms. The molecule has 0 aromatic carbocycles. The van der Waals surface area contributed by atoms with Crippen molar-refractivity contribution in [2.45, 2.75) is 26.8 Å². The van der Waals surface area contributed by atoms with Gasteiger partial charge in [0, 0.05) is 12.7 Å². The number of aliphatic hydroxyl groups excluding tert-OH is 1. The lowest BCUT2D eigenvalue weighted by Gasteiger charge is -2.27. The Morgan fingerprint density at radius 1 is 1.59 bits per heavy atom. The summed E-state index contributed by atoms with van der Waals surface area (Å²) in [7, 11) is 1.84. The van der Waals surface area contributed by atoms with Gasteiger partial charge in [0.15, 0.2) is 0 Å². The first-order valence-corrected chi connectivity index (χ1v) is 5.54. The van der Waals surface area contributed by atoms with Crippen LogP contribution in [0, 0.1) is 19.3 Å². The topological polar surface area (TPSA) is 86.2 Å².